The van der Waals surface area contributed by atoms with Gasteiger partial charge in [0.1, 0.15) is 0 Å². The fourth-order valence-electron chi connectivity index (χ4n) is 0.622. The normalized spacial score (nSPS) is 7.89. The lowest BCUT2D eigenvalue weighted by Gasteiger charge is -2.01. The maximum atomic E-state index is 3.70. The molecule has 9 heavy (non-hydrogen) atoms. The average molecular weight is 126 g/mol. The molecule has 0 aliphatic carbocycles. The van der Waals surface area contributed by atoms with Crippen molar-refractivity contribution in [1.82, 2.24) is 0 Å². The summed E-state index contributed by atoms with van der Waals surface area (Å²) in [6.07, 6.45) is 4.50. The smallest absolute Gasteiger partial charge is 0.0241 e. The minimum atomic E-state index is 0.750. The summed E-state index contributed by atoms with van der Waals surface area (Å²) in [5.74, 6) is 0.750. The third-order valence-electron chi connectivity index (χ3n) is 1.38. The number of rotatable bonds is 3. The summed E-state index contributed by atoms with van der Waals surface area (Å²) in [4.78, 5) is 0. The van der Waals surface area contributed by atoms with Crippen LogP contribution < -0.4 is 0 Å². The zero-order chi connectivity index (χ0) is 7.70. The van der Waals surface area contributed by atoms with Crippen LogP contribution in [-0.4, -0.2) is 0 Å². The first kappa shape index (κ1) is 11.3. The predicted octanol–water partition coefficient (Wildman–Crippen LogP) is 3.41. The highest BCUT2D eigenvalue weighted by molar-refractivity contribution is 4.75. The number of hydrogen-bond donors (Lipinski definition) is 0. The molecule has 0 aromatic carbocycles. The zero-order valence-electron chi connectivity index (χ0n) is 6.69. The molecule has 0 N–H and O–H groups in total. The van der Waals surface area contributed by atoms with Crippen LogP contribution in [0.25, 0.3) is 0 Å². The summed E-state index contributed by atoms with van der Waals surface area (Å²) in [6.45, 7) is 14.1. The van der Waals surface area contributed by atoms with Crippen LogP contribution in [0.1, 0.15) is 26.7 Å². The van der Waals surface area contributed by atoms with Gasteiger partial charge in [-0.25, -0.2) is 0 Å². The lowest BCUT2D eigenvalue weighted by Crippen LogP contribution is -1.87. The minimum absolute atomic E-state index is 0.750. The molecule has 0 unspecified atom stereocenters. The Morgan fingerprint density at radius 2 is 1.56 bits per heavy atom. The van der Waals surface area contributed by atoms with Crippen molar-refractivity contribution >= 4 is 0 Å². The van der Waals surface area contributed by atoms with E-state index in [1.807, 2.05) is 6.08 Å². The molecule has 0 bridgehead atoms. The quantitative estimate of drug-likeness (QED) is 0.508. The first-order valence-electron chi connectivity index (χ1n) is 3.47. The largest absolute Gasteiger partial charge is 0.106 e. The van der Waals surface area contributed by atoms with Crippen LogP contribution in [0.3, 0.4) is 0 Å². The standard InChI is InChI=1S/C7H14.C2H4/c1-4-7(5-2)6-3;1-2/h4,7H,1,5-6H2,2-3H3;1-2H2. The van der Waals surface area contributed by atoms with Gasteiger partial charge in [0.25, 0.3) is 0 Å². The van der Waals surface area contributed by atoms with E-state index in [1.54, 1.807) is 0 Å². The highest BCUT2D eigenvalue weighted by atomic mass is 14.0. The molecule has 0 saturated heterocycles. The van der Waals surface area contributed by atoms with Gasteiger partial charge in [-0.1, -0.05) is 19.9 Å². The molecule has 0 amide bonds. The highest BCUT2D eigenvalue weighted by Gasteiger charge is 1.92. The zero-order valence-corrected chi connectivity index (χ0v) is 6.69. The van der Waals surface area contributed by atoms with E-state index in [-0.39, 0.29) is 0 Å². The van der Waals surface area contributed by atoms with Crippen LogP contribution in [0.4, 0.5) is 0 Å². The van der Waals surface area contributed by atoms with Crippen LogP contribution in [0.15, 0.2) is 25.8 Å². The van der Waals surface area contributed by atoms with Crippen molar-refractivity contribution in [2.24, 2.45) is 5.92 Å². The van der Waals surface area contributed by atoms with Gasteiger partial charge in [0.2, 0.25) is 0 Å². The first-order chi connectivity index (χ1) is 4.35. The van der Waals surface area contributed by atoms with Crippen LogP contribution in [0.5, 0.6) is 0 Å². The Morgan fingerprint density at radius 3 is 1.56 bits per heavy atom. The van der Waals surface area contributed by atoms with E-state index in [1.165, 1.54) is 12.8 Å². The second-order valence-electron chi connectivity index (χ2n) is 1.81. The van der Waals surface area contributed by atoms with Gasteiger partial charge in [-0.3, -0.25) is 0 Å². The Bertz CT molecular complexity index is 51.1. The molecule has 54 valence electrons. The average Bonchev–Trinajstić information content (AvgIpc) is 1.96. The van der Waals surface area contributed by atoms with Gasteiger partial charge in [0.15, 0.2) is 0 Å². The second-order valence-corrected chi connectivity index (χ2v) is 1.81. The Morgan fingerprint density at radius 1 is 1.22 bits per heavy atom. The van der Waals surface area contributed by atoms with E-state index in [2.05, 4.69) is 33.6 Å². The topological polar surface area (TPSA) is 0 Å². The van der Waals surface area contributed by atoms with Gasteiger partial charge >= 0.3 is 0 Å². The van der Waals surface area contributed by atoms with Crippen molar-refractivity contribution in [1.29, 1.82) is 0 Å². The van der Waals surface area contributed by atoms with E-state index < -0.39 is 0 Å². The molecular formula is C9H18. The van der Waals surface area contributed by atoms with Crippen molar-refractivity contribution in [2.75, 3.05) is 0 Å². The summed E-state index contributed by atoms with van der Waals surface area (Å²) < 4.78 is 0. The molecule has 0 atom stereocenters. The van der Waals surface area contributed by atoms with Gasteiger partial charge in [0, 0.05) is 0 Å². The SMILES string of the molecule is C=C.C=CC(CC)CC. The van der Waals surface area contributed by atoms with Gasteiger partial charge in [-0.2, -0.15) is 0 Å². The van der Waals surface area contributed by atoms with E-state index in [0.29, 0.717) is 0 Å². The molecule has 0 aromatic heterocycles. The Kier molecular flexibility index (Phi) is 13.1. The maximum absolute atomic E-state index is 3.70. The molecule has 0 spiro atoms. The highest BCUT2D eigenvalue weighted by Crippen LogP contribution is 2.06. The van der Waals surface area contributed by atoms with Crippen LogP contribution in [-0.2, 0) is 0 Å². The third-order valence-corrected chi connectivity index (χ3v) is 1.38. The molecule has 0 fully saturated rings. The molecule has 0 aliphatic heterocycles. The van der Waals surface area contributed by atoms with Crippen molar-refractivity contribution in [3.8, 4) is 0 Å². The first-order valence-corrected chi connectivity index (χ1v) is 3.47. The predicted molar refractivity (Wildman–Crippen MR) is 45.5 cm³/mol. The molecule has 0 aliphatic rings. The maximum Gasteiger partial charge on any atom is -0.0241 e. The summed E-state index contributed by atoms with van der Waals surface area (Å²) in [5, 5.41) is 0. The van der Waals surface area contributed by atoms with Crippen LogP contribution in [0, 0.1) is 5.92 Å². The van der Waals surface area contributed by atoms with Crippen molar-refractivity contribution < 1.29 is 0 Å². The van der Waals surface area contributed by atoms with Gasteiger partial charge in [0.05, 0.1) is 0 Å². The monoisotopic (exact) mass is 126 g/mol. The van der Waals surface area contributed by atoms with Crippen molar-refractivity contribution in [3.05, 3.63) is 25.8 Å². The second kappa shape index (κ2) is 10.5. The van der Waals surface area contributed by atoms with Gasteiger partial charge in [-0.15, -0.1) is 19.7 Å². The fourth-order valence-corrected chi connectivity index (χ4v) is 0.622. The summed E-state index contributed by atoms with van der Waals surface area (Å²) >= 11 is 0. The minimum Gasteiger partial charge on any atom is -0.106 e. The van der Waals surface area contributed by atoms with Crippen LogP contribution >= 0.6 is 0 Å². The Labute approximate surface area is 59.3 Å². The fraction of sp³-hybridized carbons (Fsp3) is 0.556. The molecule has 0 rings (SSSR count). The third kappa shape index (κ3) is 7.48. The molecular weight excluding hydrogens is 108 g/mol. The molecule has 0 nitrogen and oxygen atoms in total. The van der Waals surface area contributed by atoms with E-state index >= 15 is 0 Å². The van der Waals surface area contributed by atoms with Crippen LogP contribution in [0.2, 0.25) is 0 Å². The number of hydrogen-bond acceptors (Lipinski definition) is 0. The molecule has 0 heteroatoms. The summed E-state index contributed by atoms with van der Waals surface area (Å²) in [6, 6.07) is 0. The van der Waals surface area contributed by atoms with Gasteiger partial charge in [-0.05, 0) is 18.8 Å². The van der Waals surface area contributed by atoms with Crippen molar-refractivity contribution in [2.45, 2.75) is 26.7 Å². The van der Waals surface area contributed by atoms with Gasteiger partial charge < -0.3 is 0 Å². The summed E-state index contributed by atoms with van der Waals surface area (Å²) in [5.41, 5.74) is 0. The lowest BCUT2D eigenvalue weighted by atomic mass is 10.0. The molecule has 0 saturated carbocycles. The van der Waals surface area contributed by atoms with E-state index in [0.717, 1.165) is 5.92 Å². The molecule has 0 radical (unpaired) electrons. The Balaban J connectivity index is 0. The molecule has 0 aromatic rings. The lowest BCUT2D eigenvalue weighted by molar-refractivity contribution is 0.607. The van der Waals surface area contributed by atoms with E-state index in [9.17, 15) is 0 Å². The molecule has 0 heterocycles. The number of allylic oxidation sites excluding steroid dienone is 1. The van der Waals surface area contributed by atoms with E-state index in [4.69, 9.17) is 0 Å². The Hall–Kier alpha value is -0.520. The summed E-state index contributed by atoms with van der Waals surface area (Å²) in [7, 11) is 0. The van der Waals surface area contributed by atoms with Crippen molar-refractivity contribution in [3.63, 3.8) is 0 Å².